The lowest BCUT2D eigenvalue weighted by atomic mass is 10.1. The molecule has 6 nitrogen and oxygen atoms in total. The zero-order chi connectivity index (χ0) is 35.4. The van der Waals surface area contributed by atoms with Crippen LogP contribution in [0.3, 0.4) is 0 Å². The van der Waals surface area contributed by atoms with Gasteiger partial charge < -0.3 is 28.8 Å². The van der Waals surface area contributed by atoms with E-state index >= 15 is 0 Å². The standard InChI is InChI=1S/2C16H36N.C8H14O4/c2*1-5-9-13-17(14-10-6-2,15-11-7-3)16-12-8-4;9-7(10)5-3-1-2-4-6-8(11)12/h2*5-16H2,1-4H3;1-6H2,(H,9,10)(H,11,12)/q2*+1;/p-2. The zero-order valence-corrected chi connectivity index (χ0v) is 32.7. The molecule has 0 fully saturated rings. The van der Waals surface area contributed by atoms with Crippen LogP contribution in [0.2, 0.25) is 0 Å². The Kier molecular flexibility index (Phi) is 39.3. The fourth-order valence-electron chi connectivity index (χ4n) is 6.18. The highest BCUT2D eigenvalue weighted by atomic mass is 16.4. The van der Waals surface area contributed by atoms with Gasteiger partial charge in [0.05, 0.1) is 52.4 Å². The molecular weight excluding hydrogens is 572 g/mol. The molecule has 0 bridgehead atoms. The predicted molar refractivity (Wildman–Crippen MR) is 196 cm³/mol. The molecule has 0 saturated heterocycles. The first-order valence-electron chi connectivity index (χ1n) is 20.2. The van der Waals surface area contributed by atoms with Crippen LogP contribution in [0.25, 0.3) is 0 Å². The molecule has 0 unspecified atom stereocenters. The van der Waals surface area contributed by atoms with Gasteiger partial charge in [-0.3, -0.25) is 0 Å². The molecule has 6 heteroatoms. The van der Waals surface area contributed by atoms with Crippen molar-refractivity contribution >= 4 is 11.9 Å². The third-order valence-corrected chi connectivity index (χ3v) is 9.40. The average Bonchev–Trinajstić information content (AvgIpc) is 3.05. The second-order valence-corrected chi connectivity index (χ2v) is 14.0. The van der Waals surface area contributed by atoms with E-state index in [4.69, 9.17) is 0 Å². The van der Waals surface area contributed by atoms with Crippen molar-refractivity contribution in [3.8, 4) is 0 Å². The van der Waals surface area contributed by atoms with Crippen molar-refractivity contribution in [2.75, 3.05) is 52.4 Å². The molecule has 0 aliphatic heterocycles. The maximum absolute atomic E-state index is 9.92. The smallest absolute Gasteiger partial charge is 0.0786 e. The first kappa shape index (κ1) is 49.2. The maximum Gasteiger partial charge on any atom is 0.0786 e. The Morgan fingerprint density at radius 2 is 0.500 bits per heavy atom. The van der Waals surface area contributed by atoms with Crippen molar-refractivity contribution in [3.63, 3.8) is 0 Å². The monoisotopic (exact) mass is 657 g/mol. The number of hydrogen-bond donors (Lipinski definition) is 0. The summed E-state index contributed by atoms with van der Waals surface area (Å²) in [5.41, 5.74) is 0. The molecule has 0 aliphatic carbocycles. The summed E-state index contributed by atoms with van der Waals surface area (Å²) in [5, 5.41) is 19.8. The van der Waals surface area contributed by atoms with Crippen LogP contribution in [0.4, 0.5) is 0 Å². The Morgan fingerprint density at radius 3 is 0.630 bits per heavy atom. The minimum atomic E-state index is -1.05. The number of quaternary nitrogens is 2. The Hall–Kier alpha value is -1.14. The molecule has 0 rings (SSSR count). The third-order valence-electron chi connectivity index (χ3n) is 9.40. The van der Waals surface area contributed by atoms with E-state index in [1.54, 1.807) is 0 Å². The van der Waals surface area contributed by atoms with E-state index in [2.05, 4.69) is 55.4 Å². The van der Waals surface area contributed by atoms with Gasteiger partial charge in [-0.1, -0.05) is 120 Å². The predicted octanol–water partition coefficient (Wildman–Crippen LogP) is 8.83. The van der Waals surface area contributed by atoms with Crippen LogP contribution in [-0.2, 0) is 9.59 Å². The van der Waals surface area contributed by atoms with Gasteiger partial charge in [0.2, 0.25) is 0 Å². The highest BCUT2D eigenvalue weighted by Gasteiger charge is 2.25. The van der Waals surface area contributed by atoms with Gasteiger partial charge in [-0.15, -0.1) is 0 Å². The average molecular weight is 657 g/mol. The number of aliphatic carboxylic acids is 2. The Labute approximate surface area is 289 Å². The quantitative estimate of drug-likeness (QED) is 0.0552. The minimum Gasteiger partial charge on any atom is -0.550 e. The number of hydrogen-bond acceptors (Lipinski definition) is 4. The molecule has 0 N–H and O–H groups in total. The van der Waals surface area contributed by atoms with Crippen molar-refractivity contribution in [2.45, 2.75) is 197 Å². The summed E-state index contributed by atoms with van der Waals surface area (Å²) in [7, 11) is 0. The molecule has 0 heterocycles. The fourth-order valence-corrected chi connectivity index (χ4v) is 6.18. The summed E-state index contributed by atoms with van der Waals surface area (Å²) in [5.74, 6) is -2.09. The van der Waals surface area contributed by atoms with Gasteiger partial charge in [0, 0.05) is 11.9 Å². The zero-order valence-electron chi connectivity index (χ0n) is 32.7. The number of nitrogens with zero attached hydrogens (tertiary/aromatic N) is 2. The van der Waals surface area contributed by atoms with Gasteiger partial charge in [0.15, 0.2) is 0 Å². The van der Waals surface area contributed by atoms with Crippen LogP contribution in [-0.4, -0.2) is 73.3 Å². The van der Waals surface area contributed by atoms with Crippen LogP contribution in [0.15, 0.2) is 0 Å². The molecule has 0 amide bonds. The second-order valence-electron chi connectivity index (χ2n) is 14.0. The fraction of sp³-hybridized carbons (Fsp3) is 0.950. The number of unbranched alkanes of at least 4 members (excludes halogenated alkanes) is 11. The normalized spacial score (nSPS) is 11.4. The number of rotatable bonds is 31. The topological polar surface area (TPSA) is 80.3 Å². The summed E-state index contributed by atoms with van der Waals surface area (Å²) in [6.45, 7) is 30.0. The molecule has 0 atom stereocenters. The molecular formula is C40H84N2O4. The summed E-state index contributed by atoms with van der Waals surface area (Å²) in [6, 6.07) is 0. The maximum atomic E-state index is 9.92. The first-order valence-corrected chi connectivity index (χ1v) is 20.2. The molecule has 0 aromatic rings. The number of carbonyl (C=O) groups excluding carboxylic acids is 2. The van der Waals surface area contributed by atoms with Gasteiger partial charge in [-0.05, 0) is 77.0 Å². The van der Waals surface area contributed by atoms with Crippen LogP contribution < -0.4 is 10.2 Å². The minimum absolute atomic E-state index is 0.0608. The number of carboxylic acids is 2. The Bertz CT molecular complexity index is 512. The molecule has 0 spiro atoms. The van der Waals surface area contributed by atoms with Crippen molar-refractivity contribution in [3.05, 3.63) is 0 Å². The van der Waals surface area contributed by atoms with E-state index in [0.29, 0.717) is 12.8 Å². The van der Waals surface area contributed by atoms with E-state index in [-0.39, 0.29) is 12.8 Å². The van der Waals surface area contributed by atoms with Crippen molar-refractivity contribution in [2.24, 2.45) is 0 Å². The molecule has 278 valence electrons. The van der Waals surface area contributed by atoms with E-state index in [1.807, 2.05) is 0 Å². The molecule has 0 aromatic carbocycles. The molecule has 0 saturated carbocycles. The Morgan fingerprint density at radius 1 is 0.326 bits per heavy atom. The first-order chi connectivity index (χ1) is 22.1. The van der Waals surface area contributed by atoms with Crippen LogP contribution in [0, 0.1) is 0 Å². The lowest BCUT2D eigenvalue weighted by molar-refractivity contribution is -0.929. The largest absolute Gasteiger partial charge is 0.550 e. The summed E-state index contributed by atoms with van der Waals surface area (Å²) < 4.78 is 2.84. The van der Waals surface area contributed by atoms with Crippen LogP contribution in [0.1, 0.15) is 197 Å². The number of carboxylic acid groups (broad SMARTS) is 2. The summed E-state index contributed by atoms with van der Waals surface area (Å²) in [6.07, 6.45) is 24.8. The van der Waals surface area contributed by atoms with Crippen LogP contribution in [0.5, 0.6) is 0 Å². The highest BCUT2D eigenvalue weighted by molar-refractivity contribution is 5.64. The molecule has 0 aliphatic rings. The SMILES string of the molecule is CCCC[N+](CCCC)(CCCC)CCCC.CCCC[N+](CCCC)(CCCC)CCCC.O=C([O-])CCCCCCC(=O)[O-]. The van der Waals surface area contributed by atoms with Crippen LogP contribution >= 0.6 is 0 Å². The summed E-state index contributed by atoms with van der Waals surface area (Å²) in [4.78, 5) is 19.8. The van der Waals surface area contributed by atoms with Gasteiger partial charge >= 0.3 is 0 Å². The van der Waals surface area contributed by atoms with Crippen molar-refractivity contribution in [1.82, 2.24) is 0 Å². The number of carbonyl (C=O) groups is 2. The van der Waals surface area contributed by atoms with Gasteiger partial charge in [-0.2, -0.15) is 0 Å². The lowest BCUT2D eigenvalue weighted by Crippen LogP contribution is -2.50. The van der Waals surface area contributed by atoms with E-state index in [1.165, 1.54) is 164 Å². The Balaban J connectivity index is -0.000000614. The summed E-state index contributed by atoms with van der Waals surface area (Å²) >= 11 is 0. The van der Waals surface area contributed by atoms with Crippen molar-refractivity contribution in [1.29, 1.82) is 0 Å². The molecule has 0 radical (unpaired) electrons. The van der Waals surface area contributed by atoms with E-state index in [9.17, 15) is 19.8 Å². The van der Waals surface area contributed by atoms with Gasteiger partial charge in [0.1, 0.15) is 0 Å². The highest BCUT2D eigenvalue weighted by Crippen LogP contribution is 2.17. The molecule has 0 aromatic heterocycles. The lowest BCUT2D eigenvalue weighted by Gasteiger charge is -2.39. The van der Waals surface area contributed by atoms with Crippen molar-refractivity contribution < 1.29 is 28.8 Å². The second kappa shape index (κ2) is 36.7. The van der Waals surface area contributed by atoms with E-state index in [0.717, 1.165) is 12.8 Å². The molecule has 46 heavy (non-hydrogen) atoms. The third kappa shape index (κ3) is 32.8. The van der Waals surface area contributed by atoms with Gasteiger partial charge in [-0.25, -0.2) is 0 Å². The van der Waals surface area contributed by atoms with E-state index < -0.39 is 11.9 Å². The van der Waals surface area contributed by atoms with Gasteiger partial charge in [0.25, 0.3) is 0 Å².